The van der Waals surface area contributed by atoms with Crippen LogP contribution in [0.3, 0.4) is 0 Å². The van der Waals surface area contributed by atoms with Crippen molar-refractivity contribution in [1.29, 1.82) is 0 Å². The molecule has 0 aliphatic carbocycles. The summed E-state index contributed by atoms with van der Waals surface area (Å²) >= 11 is 0. The van der Waals surface area contributed by atoms with Crippen LogP contribution in [0, 0.1) is 0 Å². The second-order valence-corrected chi connectivity index (χ2v) is 11.6. The van der Waals surface area contributed by atoms with Gasteiger partial charge in [-0.05, 0) is 52.1 Å². The van der Waals surface area contributed by atoms with Crippen molar-refractivity contribution in [2.75, 3.05) is 0 Å². The lowest BCUT2D eigenvalue weighted by atomic mass is 9.97. The van der Waals surface area contributed by atoms with Crippen molar-refractivity contribution < 1.29 is 19.4 Å². The Morgan fingerprint density at radius 2 is 1.52 bits per heavy atom. The topological polar surface area (TPSA) is 85.6 Å². The fourth-order valence-electron chi connectivity index (χ4n) is 6.05. The minimum atomic E-state index is -0.564. The van der Waals surface area contributed by atoms with Gasteiger partial charge in [0.25, 0.3) is 5.91 Å². The molecule has 46 heavy (non-hydrogen) atoms. The number of aromatic nitrogens is 2. The summed E-state index contributed by atoms with van der Waals surface area (Å²) in [5.41, 5.74) is 8.64. The van der Waals surface area contributed by atoms with Crippen molar-refractivity contribution in [2.45, 2.75) is 44.6 Å². The summed E-state index contributed by atoms with van der Waals surface area (Å²) < 4.78 is 15.3. The maximum absolute atomic E-state index is 12.7. The lowest BCUT2D eigenvalue weighted by Gasteiger charge is -2.36. The molecule has 7 nitrogen and oxygen atoms in total. The van der Waals surface area contributed by atoms with Crippen LogP contribution in [0.1, 0.15) is 51.4 Å². The molecule has 0 unspecified atom stereocenters. The van der Waals surface area contributed by atoms with E-state index in [2.05, 4.69) is 51.3 Å². The number of nitrogens with one attached hydrogen (secondary N) is 1. The second-order valence-electron chi connectivity index (χ2n) is 11.6. The summed E-state index contributed by atoms with van der Waals surface area (Å²) in [6, 6.07) is 41.7. The molecule has 7 heteroatoms. The minimum absolute atomic E-state index is 0.00272. The van der Waals surface area contributed by atoms with Crippen LogP contribution in [0.25, 0.3) is 22.2 Å². The molecular weight excluding hydrogens is 574 g/mol. The number of hydrogen-bond acceptors (Lipinski definition) is 5. The van der Waals surface area contributed by atoms with Crippen LogP contribution in [0.4, 0.5) is 0 Å². The van der Waals surface area contributed by atoms with E-state index in [0.29, 0.717) is 25.1 Å². The number of hydrogen-bond donors (Lipinski definition) is 2. The number of aliphatic hydroxyl groups is 1. The average molecular weight is 610 g/mol. The van der Waals surface area contributed by atoms with Crippen LogP contribution in [0.15, 0.2) is 134 Å². The van der Waals surface area contributed by atoms with E-state index in [1.54, 1.807) is 0 Å². The van der Waals surface area contributed by atoms with E-state index in [4.69, 9.17) is 9.47 Å². The van der Waals surface area contributed by atoms with Crippen molar-refractivity contribution in [3.8, 4) is 11.1 Å². The standard InChI is InChI=1S/C39H35N3O4/c43-25-27-14-16-29(17-15-27)37-22-33(24-42-26-41-35-12-6-7-13-36(35)42)45-39(46-37)31-20-18-28(19-21-31)34-11-5-4-10-32(34)23-40-38(44)30-8-2-1-3-9-30/h1-21,26,33,37,39,43H,22-25H2,(H,40,44)/t33-,37+,39+/m0/s1. The number of ether oxygens (including phenoxy) is 2. The van der Waals surface area contributed by atoms with Gasteiger partial charge in [-0.15, -0.1) is 0 Å². The highest BCUT2D eigenvalue weighted by atomic mass is 16.7. The first-order chi connectivity index (χ1) is 22.6. The Labute approximate surface area is 268 Å². The van der Waals surface area contributed by atoms with Crippen molar-refractivity contribution in [3.63, 3.8) is 0 Å². The molecule has 3 atom stereocenters. The zero-order valence-electron chi connectivity index (χ0n) is 25.3. The van der Waals surface area contributed by atoms with Crippen LogP contribution in [0.2, 0.25) is 0 Å². The number of carbonyl (C=O) groups is 1. The van der Waals surface area contributed by atoms with Gasteiger partial charge in [-0.2, -0.15) is 0 Å². The van der Waals surface area contributed by atoms with E-state index in [1.165, 1.54) is 0 Å². The molecule has 2 N–H and O–H groups in total. The van der Waals surface area contributed by atoms with E-state index in [1.807, 2.05) is 97.3 Å². The Morgan fingerprint density at radius 1 is 0.804 bits per heavy atom. The third-order valence-electron chi connectivity index (χ3n) is 8.53. The number of rotatable bonds is 9. The first-order valence-corrected chi connectivity index (χ1v) is 15.6. The molecule has 6 aromatic rings. The highest BCUT2D eigenvalue weighted by Crippen LogP contribution is 2.39. The first kappa shape index (κ1) is 29.6. The molecule has 0 spiro atoms. The van der Waals surface area contributed by atoms with Crippen LogP contribution in [0.5, 0.6) is 0 Å². The Bertz CT molecular complexity index is 1920. The third kappa shape index (κ3) is 6.48. The Balaban J connectivity index is 1.12. The fraction of sp³-hybridized carbons (Fsp3) is 0.179. The summed E-state index contributed by atoms with van der Waals surface area (Å²) in [5.74, 6) is -0.101. The smallest absolute Gasteiger partial charge is 0.251 e. The van der Waals surface area contributed by atoms with Gasteiger partial charge in [-0.25, -0.2) is 4.98 Å². The van der Waals surface area contributed by atoms with E-state index < -0.39 is 6.29 Å². The number of aliphatic hydroxyl groups excluding tert-OH is 1. The van der Waals surface area contributed by atoms with E-state index in [-0.39, 0.29) is 24.7 Å². The number of nitrogens with zero attached hydrogens (tertiary/aromatic N) is 2. The molecule has 1 saturated heterocycles. The third-order valence-corrected chi connectivity index (χ3v) is 8.53. The van der Waals surface area contributed by atoms with Gasteiger partial charge in [0.15, 0.2) is 6.29 Å². The van der Waals surface area contributed by atoms with Crippen LogP contribution < -0.4 is 5.32 Å². The molecule has 230 valence electrons. The highest BCUT2D eigenvalue weighted by molar-refractivity contribution is 5.94. The molecule has 0 radical (unpaired) electrons. The first-order valence-electron chi connectivity index (χ1n) is 15.6. The van der Waals surface area contributed by atoms with Gasteiger partial charge in [0.1, 0.15) is 0 Å². The second kappa shape index (κ2) is 13.5. The summed E-state index contributed by atoms with van der Waals surface area (Å²) in [5, 5.41) is 12.6. The Morgan fingerprint density at radius 3 is 2.33 bits per heavy atom. The van der Waals surface area contributed by atoms with Gasteiger partial charge in [0.2, 0.25) is 0 Å². The van der Waals surface area contributed by atoms with Gasteiger partial charge >= 0.3 is 0 Å². The minimum Gasteiger partial charge on any atom is -0.392 e. The SMILES string of the molecule is O=C(NCc1ccccc1-c1ccc([C@@H]2O[C@H](Cn3cnc4ccccc43)C[C@H](c3ccc(CO)cc3)O2)cc1)c1ccccc1. The molecule has 0 bridgehead atoms. The average Bonchev–Trinajstić information content (AvgIpc) is 3.53. The predicted octanol–water partition coefficient (Wildman–Crippen LogP) is 7.37. The molecule has 1 aliphatic heterocycles. The van der Waals surface area contributed by atoms with Crippen LogP contribution >= 0.6 is 0 Å². The molecule has 0 saturated carbocycles. The van der Waals surface area contributed by atoms with Gasteiger partial charge in [0, 0.05) is 24.1 Å². The lowest BCUT2D eigenvalue weighted by molar-refractivity contribution is -0.252. The lowest BCUT2D eigenvalue weighted by Crippen LogP contribution is -2.32. The molecule has 1 amide bonds. The van der Waals surface area contributed by atoms with Gasteiger partial charge in [0.05, 0.1) is 42.7 Å². The monoisotopic (exact) mass is 609 g/mol. The maximum Gasteiger partial charge on any atom is 0.251 e. The normalized spacial score (nSPS) is 18.0. The number of carbonyl (C=O) groups excluding carboxylic acids is 1. The summed E-state index contributed by atoms with van der Waals surface area (Å²) in [6.45, 7) is 1.07. The van der Waals surface area contributed by atoms with Gasteiger partial charge in [-0.3, -0.25) is 4.79 Å². The van der Waals surface area contributed by atoms with Crippen molar-refractivity contribution in [2.24, 2.45) is 0 Å². The number of benzene rings is 5. The molecule has 1 aromatic heterocycles. The Kier molecular flexibility index (Phi) is 8.69. The van der Waals surface area contributed by atoms with Crippen molar-refractivity contribution >= 4 is 16.9 Å². The number of amides is 1. The fourth-order valence-corrected chi connectivity index (χ4v) is 6.05. The Hall–Kier alpha value is -5.08. The van der Waals surface area contributed by atoms with Gasteiger partial charge in [-0.1, -0.05) is 103 Å². The summed E-state index contributed by atoms with van der Waals surface area (Å²) in [7, 11) is 0. The molecule has 1 aliphatic rings. The van der Waals surface area contributed by atoms with Crippen molar-refractivity contribution in [3.05, 3.63) is 162 Å². The molecular formula is C39H35N3O4. The van der Waals surface area contributed by atoms with Crippen molar-refractivity contribution in [1.82, 2.24) is 14.9 Å². The maximum atomic E-state index is 12.7. The zero-order chi connectivity index (χ0) is 31.3. The predicted molar refractivity (Wildman–Crippen MR) is 178 cm³/mol. The summed E-state index contributed by atoms with van der Waals surface area (Å²) in [4.78, 5) is 17.3. The quantitative estimate of drug-likeness (QED) is 0.179. The zero-order valence-corrected chi connectivity index (χ0v) is 25.3. The molecule has 2 heterocycles. The van der Waals surface area contributed by atoms with E-state index >= 15 is 0 Å². The van der Waals surface area contributed by atoms with Crippen LogP contribution in [-0.4, -0.2) is 26.7 Å². The molecule has 5 aromatic carbocycles. The van der Waals surface area contributed by atoms with E-state index in [9.17, 15) is 9.90 Å². The number of imidazole rings is 1. The largest absolute Gasteiger partial charge is 0.392 e. The molecule has 1 fully saturated rings. The van der Waals surface area contributed by atoms with Crippen LogP contribution in [-0.2, 0) is 29.2 Å². The highest BCUT2D eigenvalue weighted by Gasteiger charge is 2.32. The number of fused-ring (bicyclic) bond motifs is 1. The number of para-hydroxylation sites is 2. The summed E-state index contributed by atoms with van der Waals surface area (Å²) in [6.07, 6.45) is 1.69. The molecule has 7 rings (SSSR count). The van der Waals surface area contributed by atoms with E-state index in [0.717, 1.165) is 44.4 Å². The van der Waals surface area contributed by atoms with Gasteiger partial charge < -0.3 is 24.5 Å².